The first-order valence-electron chi connectivity index (χ1n) is 12.7. The number of methoxy groups -OCH3 is 3. The van der Waals surface area contributed by atoms with Crippen LogP contribution in [0, 0.1) is 6.92 Å². The highest BCUT2D eigenvalue weighted by atomic mass is 32.2. The van der Waals surface area contributed by atoms with Gasteiger partial charge in [0.2, 0.25) is 21.9 Å². The number of anilines is 1. The molecule has 0 aliphatic heterocycles. The molecule has 0 aliphatic carbocycles. The molecular weight excluding hydrogens is 550 g/mol. The van der Waals surface area contributed by atoms with E-state index in [2.05, 4.69) is 29.9 Å². The van der Waals surface area contributed by atoms with Gasteiger partial charge in [0, 0.05) is 18.5 Å². The van der Waals surface area contributed by atoms with Crippen molar-refractivity contribution in [2.45, 2.75) is 45.2 Å². The Balaban J connectivity index is 1.86. The first-order chi connectivity index (χ1) is 19.6. The van der Waals surface area contributed by atoms with E-state index < -0.39 is 21.4 Å². The predicted octanol–water partition coefficient (Wildman–Crippen LogP) is 3.75. The number of nitrogens with one attached hydrogen (secondary N) is 1. The Morgan fingerprint density at radius 1 is 0.878 bits per heavy atom. The van der Waals surface area contributed by atoms with Gasteiger partial charge >= 0.3 is 0 Å². The third kappa shape index (κ3) is 6.38. The number of aromatic nitrogens is 6. The minimum absolute atomic E-state index is 0.118. The lowest BCUT2D eigenvalue weighted by molar-refractivity contribution is 0.00152. The molecule has 1 N–H and O–H groups in total. The van der Waals surface area contributed by atoms with E-state index in [1.165, 1.54) is 32.8 Å². The van der Waals surface area contributed by atoms with Gasteiger partial charge in [-0.15, -0.1) is 10.2 Å². The van der Waals surface area contributed by atoms with Gasteiger partial charge < -0.3 is 18.9 Å². The Morgan fingerprint density at radius 2 is 1.51 bits per heavy atom. The molecule has 3 aromatic heterocycles. The molecule has 41 heavy (non-hydrogen) atoms. The maximum absolute atomic E-state index is 13.9. The van der Waals surface area contributed by atoms with Gasteiger partial charge in [-0.25, -0.2) is 23.4 Å². The molecule has 3 heterocycles. The summed E-state index contributed by atoms with van der Waals surface area (Å²) < 4.78 is 54.3. The van der Waals surface area contributed by atoms with E-state index in [0.29, 0.717) is 28.8 Å². The van der Waals surface area contributed by atoms with Crippen molar-refractivity contribution in [1.29, 1.82) is 0 Å². The van der Waals surface area contributed by atoms with E-state index in [9.17, 15) is 8.42 Å². The zero-order valence-corrected chi connectivity index (χ0v) is 24.7. The fraction of sp³-hybridized carbons (Fsp3) is 0.370. The fourth-order valence-electron chi connectivity index (χ4n) is 4.04. The van der Waals surface area contributed by atoms with Crippen LogP contribution in [-0.4, -0.2) is 70.8 Å². The van der Waals surface area contributed by atoms with E-state index >= 15 is 0 Å². The zero-order valence-electron chi connectivity index (χ0n) is 23.9. The molecular formula is C27H33N7O6S. The van der Waals surface area contributed by atoms with Gasteiger partial charge in [-0.1, -0.05) is 12.1 Å². The standard InChI is InChI=1S/C27H33N7O6S/c1-16(2)40-24(25-28-14-17(3)15-29-25)18(4)41(35,36)33-27-32-31-26(19-10-8-13-22(30-19)39-7)34(27)23-20(37-5)11-9-12-21(23)38-6/h8-16,18,24H,1-7H3,(H,32,33)/t18-,24-/m1/s1. The average Bonchev–Trinajstić information content (AvgIpc) is 3.37. The van der Waals surface area contributed by atoms with E-state index in [1.807, 2.05) is 20.8 Å². The predicted molar refractivity (Wildman–Crippen MR) is 152 cm³/mol. The van der Waals surface area contributed by atoms with Crippen LogP contribution in [0.4, 0.5) is 5.95 Å². The summed E-state index contributed by atoms with van der Waals surface area (Å²) in [7, 11) is 0.309. The monoisotopic (exact) mass is 583 g/mol. The number of hydrogen-bond donors (Lipinski definition) is 1. The molecule has 0 aliphatic rings. The van der Waals surface area contributed by atoms with Crippen molar-refractivity contribution in [3.63, 3.8) is 0 Å². The van der Waals surface area contributed by atoms with Gasteiger partial charge in [0.25, 0.3) is 0 Å². The second-order valence-electron chi connectivity index (χ2n) is 9.34. The summed E-state index contributed by atoms with van der Waals surface area (Å²) in [5, 5.41) is 7.37. The van der Waals surface area contributed by atoms with E-state index in [4.69, 9.17) is 18.9 Å². The molecule has 14 heteroatoms. The van der Waals surface area contributed by atoms with Gasteiger partial charge in [0.05, 0.1) is 27.4 Å². The average molecular weight is 584 g/mol. The van der Waals surface area contributed by atoms with Crippen LogP contribution in [-0.2, 0) is 14.8 Å². The molecule has 0 amide bonds. The maximum Gasteiger partial charge on any atom is 0.243 e. The van der Waals surface area contributed by atoms with Crippen LogP contribution >= 0.6 is 0 Å². The summed E-state index contributed by atoms with van der Waals surface area (Å²) in [5.74, 6) is 1.45. The van der Waals surface area contributed by atoms with Crippen LogP contribution in [0.25, 0.3) is 17.2 Å². The van der Waals surface area contributed by atoms with E-state index in [0.717, 1.165) is 5.56 Å². The van der Waals surface area contributed by atoms with Crippen molar-refractivity contribution in [2.24, 2.45) is 0 Å². The number of para-hydroxylation sites is 1. The number of rotatable bonds is 12. The van der Waals surface area contributed by atoms with Crippen LogP contribution in [0.2, 0.25) is 0 Å². The van der Waals surface area contributed by atoms with Crippen molar-refractivity contribution in [3.8, 4) is 34.6 Å². The second kappa shape index (κ2) is 12.5. The van der Waals surface area contributed by atoms with E-state index in [-0.39, 0.29) is 23.7 Å². The molecule has 0 spiro atoms. The molecule has 0 saturated carbocycles. The maximum atomic E-state index is 13.9. The van der Waals surface area contributed by atoms with Crippen LogP contribution in [0.15, 0.2) is 48.8 Å². The van der Waals surface area contributed by atoms with Crippen LogP contribution < -0.4 is 18.9 Å². The normalized spacial score (nSPS) is 13.1. The Bertz CT molecular complexity index is 1570. The SMILES string of the molecule is COc1cccc(-c2nnc(NS(=O)(=O)[C@H](C)[C@@H](OC(C)C)c3ncc(C)cn3)n2-c2c(OC)cccc2OC)n1. The number of aryl methyl sites for hydroxylation is 1. The third-order valence-corrected chi connectivity index (χ3v) is 7.77. The highest BCUT2D eigenvalue weighted by Crippen LogP contribution is 2.38. The summed E-state index contributed by atoms with van der Waals surface area (Å²) in [4.78, 5) is 13.1. The minimum atomic E-state index is -4.17. The summed E-state index contributed by atoms with van der Waals surface area (Å²) in [5.41, 5.74) is 1.57. The topological polar surface area (TPSA) is 152 Å². The molecule has 4 aromatic rings. The third-order valence-electron chi connectivity index (χ3n) is 6.07. The van der Waals surface area contributed by atoms with Crippen LogP contribution in [0.1, 0.15) is 38.3 Å². The molecule has 13 nitrogen and oxygen atoms in total. The lowest BCUT2D eigenvalue weighted by Crippen LogP contribution is -2.35. The number of pyridine rings is 1. The van der Waals surface area contributed by atoms with Gasteiger partial charge in [0.1, 0.15) is 34.2 Å². The molecule has 0 fully saturated rings. The summed E-state index contributed by atoms with van der Waals surface area (Å²) in [6.45, 7) is 6.99. The lowest BCUT2D eigenvalue weighted by atomic mass is 10.2. The fourth-order valence-corrected chi connectivity index (χ4v) is 5.12. The van der Waals surface area contributed by atoms with Crippen molar-refractivity contribution in [3.05, 3.63) is 60.2 Å². The van der Waals surface area contributed by atoms with Gasteiger partial charge in [0.15, 0.2) is 11.6 Å². The Kier molecular flexibility index (Phi) is 9.03. The number of benzene rings is 1. The van der Waals surface area contributed by atoms with E-state index in [1.54, 1.807) is 48.8 Å². The zero-order chi connectivity index (χ0) is 29.7. The quantitative estimate of drug-likeness (QED) is 0.259. The highest BCUT2D eigenvalue weighted by Gasteiger charge is 2.36. The van der Waals surface area contributed by atoms with Crippen molar-refractivity contribution in [1.82, 2.24) is 29.7 Å². The smallest absolute Gasteiger partial charge is 0.243 e. The van der Waals surface area contributed by atoms with Gasteiger partial charge in [-0.2, -0.15) is 0 Å². The molecule has 218 valence electrons. The summed E-state index contributed by atoms with van der Waals surface area (Å²) in [6, 6.07) is 10.3. The number of hydrogen-bond acceptors (Lipinski definition) is 11. The molecule has 4 rings (SSSR count). The molecule has 1 aromatic carbocycles. The van der Waals surface area contributed by atoms with Gasteiger partial charge in [-0.05, 0) is 51.5 Å². The molecule has 0 saturated heterocycles. The number of ether oxygens (including phenoxy) is 4. The number of sulfonamides is 1. The Morgan fingerprint density at radius 3 is 2.10 bits per heavy atom. The number of nitrogens with zero attached hydrogens (tertiary/aromatic N) is 6. The van der Waals surface area contributed by atoms with Gasteiger partial charge in [-0.3, -0.25) is 9.29 Å². The highest BCUT2D eigenvalue weighted by molar-refractivity contribution is 7.93. The first-order valence-corrected chi connectivity index (χ1v) is 14.3. The summed E-state index contributed by atoms with van der Waals surface area (Å²) in [6.07, 6.45) is 1.97. The first kappa shape index (κ1) is 29.7. The molecule has 0 bridgehead atoms. The minimum Gasteiger partial charge on any atom is -0.494 e. The van der Waals surface area contributed by atoms with Crippen LogP contribution in [0.5, 0.6) is 17.4 Å². The Labute approximate surface area is 239 Å². The second-order valence-corrected chi connectivity index (χ2v) is 11.4. The largest absolute Gasteiger partial charge is 0.494 e. The molecule has 2 atom stereocenters. The summed E-state index contributed by atoms with van der Waals surface area (Å²) >= 11 is 0. The van der Waals surface area contributed by atoms with Crippen molar-refractivity contribution in [2.75, 3.05) is 26.1 Å². The molecule has 0 unspecified atom stereocenters. The van der Waals surface area contributed by atoms with Crippen molar-refractivity contribution < 1.29 is 27.4 Å². The van der Waals surface area contributed by atoms with Crippen LogP contribution in [0.3, 0.4) is 0 Å². The molecule has 0 radical (unpaired) electrons. The Hall–Kier alpha value is -4.30. The lowest BCUT2D eigenvalue weighted by Gasteiger charge is -2.25. The van der Waals surface area contributed by atoms with Crippen molar-refractivity contribution >= 4 is 16.0 Å².